The number of nitrogens with zero attached hydrogens (tertiary/aromatic N) is 3. The molecule has 1 aromatic carbocycles. The first-order valence-electron chi connectivity index (χ1n) is 5.97. The normalized spacial score (nSPS) is 10.5. The van der Waals surface area contributed by atoms with Gasteiger partial charge >= 0.3 is 0 Å². The van der Waals surface area contributed by atoms with Crippen LogP contribution in [-0.2, 0) is 13.1 Å². The van der Waals surface area contributed by atoms with Gasteiger partial charge in [-0.05, 0) is 25.5 Å². The molecule has 0 fully saturated rings. The first kappa shape index (κ1) is 11.6. The lowest BCUT2D eigenvalue weighted by atomic mass is 10.2. The molecule has 0 aliphatic heterocycles. The van der Waals surface area contributed by atoms with Crippen LogP contribution in [-0.4, -0.2) is 14.8 Å². The monoisotopic (exact) mass is 230 g/mol. The van der Waals surface area contributed by atoms with Crippen LogP contribution in [0.15, 0.2) is 30.6 Å². The summed E-state index contributed by atoms with van der Waals surface area (Å²) >= 11 is 0. The third kappa shape index (κ3) is 3.06. The SMILES string of the molecule is CCCn1ncnc1CNc1ccc(C)cc1. The Balaban J connectivity index is 1.97. The third-order valence-corrected chi connectivity index (χ3v) is 2.63. The number of anilines is 1. The summed E-state index contributed by atoms with van der Waals surface area (Å²) in [7, 11) is 0. The second-order valence-corrected chi connectivity index (χ2v) is 4.12. The Labute approximate surface area is 102 Å². The van der Waals surface area contributed by atoms with Crippen molar-refractivity contribution in [3.63, 3.8) is 0 Å². The fourth-order valence-corrected chi connectivity index (χ4v) is 1.68. The van der Waals surface area contributed by atoms with Gasteiger partial charge in [-0.15, -0.1) is 0 Å². The molecule has 4 heteroatoms. The van der Waals surface area contributed by atoms with Crippen LogP contribution in [0.5, 0.6) is 0 Å². The van der Waals surface area contributed by atoms with Gasteiger partial charge in [0.15, 0.2) is 0 Å². The highest BCUT2D eigenvalue weighted by atomic mass is 15.3. The third-order valence-electron chi connectivity index (χ3n) is 2.63. The van der Waals surface area contributed by atoms with Gasteiger partial charge in [-0.3, -0.25) is 0 Å². The molecule has 2 rings (SSSR count). The molecule has 90 valence electrons. The molecule has 1 N–H and O–H groups in total. The van der Waals surface area contributed by atoms with Crippen LogP contribution in [0.3, 0.4) is 0 Å². The standard InChI is InChI=1S/C13H18N4/c1-3-8-17-13(15-10-16-17)9-14-12-6-4-11(2)5-7-12/h4-7,10,14H,3,8-9H2,1-2H3. The lowest BCUT2D eigenvalue weighted by Crippen LogP contribution is -2.09. The first-order chi connectivity index (χ1) is 8.29. The molecule has 4 nitrogen and oxygen atoms in total. The maximum Gasteiger partial charge on any atom is 0.146 e. The van der Waals surface area contributed by atoms with E-state index in [0.717, 1.165) is 24.5 Å². The molecule has 0 bridgehead atoms. The molecule has 0 aliphatic carbocycles. The minimum atomic E-state index is 0.711. The second-order valence-electron chi connectivity index (χ2n) is 4.12. The maximum absolute atomic E-state index is 4.26. The van der Waals surface area contributed by atoms with Crippen molar-refractivity contribution in [2.24, 2.45) is 0 Å². The van der Waals surface area contributed by atoms with E-state index < -0.39 is 0 Å². The van der Waals surface area contributed by atoms with Gasteiger partial charge in [0.25, 0.3) is 0 Å². The van der Waals surface area contributed by atoms with Gasteiger partial charge in [0.05, 0.1) is 6.54 Å². The molecule has 1 heterocycles. The van der Waals surface area contributed by atoms with Crippen molar-refractivity contribution in [3.05, 3.63) is 42.0 Å². The van der Waals surface area contributed by atoms with E-state index in [1.165, 1.54) is 5.56 Å². The molecule has 0 amide bonds. The molecular formula is C13H18N4. The molecule has 0 unspecified atom stereocenters. The van der Waals surface area contributed by atoms with E-state index in [1.54, 1.807) is 6.33 Å². The summed E-state index contributed by atoms with van der Waals surface area (Å²) in [5, 5.41) is 7.55. The number of benzene rings is 1. The van der Waals surface area contributed by atoms with Gasteiger partial charge in [0.2, 0.25) is 0 Å². The lowest BCUT2D eigenvalue weighted by Gasteiger charge is -2.07. The van der Waals surface area contributed by atoms with Crippen LogP contribution < -0.4 is 5.32 Å². The van der Waals surface area contributed by atoms with Crippen LogP contribution in [0, 0.1) is 6.92 Å². The van der Waals surface area contributed by atoms with Gasteiger partial charge < -0.3 is 5.32 Å². The number of hydrogen-bond donors (Lipinski definition) is 1. The minimum absolute atomic E-state index is 0.711. The summed E-state index contributed by atoms with van der Waals surface area (Å²) in [6.45, 7) is 5.86. The van der Waals surface area contributed by atoms with Crippen molar-refractivity contribution in [2.75, 3.05) is 5.32 Å². The maximum atomic E-state index is 4.26. The van der Waals surface area contributed by atoms with E-state index in [-0.39, 0.29) is 0 Å². The molecule has 0 saturated carbocycles. The molecular weight excluding hydrogens is 212 g/mol. The van der Waals surface area contributed by atoms with Crippen molar-refractivity contribution < 1.29 is 0 Å². The zero-order valence-corrected chi connectivity index (χ0v) is 10.3. The largest absolute Gasteiger partial charge is 0.378 e. The summed E-state index contributed by atoms with van der Waals surface area (Å²) in [5.74, 6) is 0.979. The van der Waals surface area contributed by atoms with E-state index in [1.807, 2.05) is 4.68 Å². The van der Waals surface area contributed by atoms with E-state index in [9.17, 15) is 0 Å². The highest BCUT2D eigenvalue weighted by Crippen LogP contribution is 2.09. The van der Waals surface area contributed by atoms with Crippen molar-refractivity contribution in [1.29, 1.82) is 0 Å². The Bertz CT molecular complexity index is 459. The average Bonchev–Trinajstić information content (AvgIpc) is 2.77. The number of nitrogens with one attached hydrogen (secondary N) is 1. The smallest absolute Gasteiger partial charge is 0.146 e. The Morgan fingerprint density at radius 3 is 2.71 bits per heavy atom. The van der Waals surface area contributed by atoms with Gasteiger partial charge in [0.1, 0.15) is 12.2 Å². The predicted molar refractivity (Wildman–Crippen MR) is 68.8 cm³/mol. The Kier molecular flexibility index (Phi) is 3.75. The fourth-order valence-electron chi connectivity index (χ4n) is 1.68. The van der Waals surface area contributed by atoms with Crippen molar-refractivity contribution in [2.45, 2.75) is 33.4 Å². The number of rotatable bonds is 5. The Hall–Kier alpha value is -1.84. The summed E-state index contributed by atoms with van der Waals surface area (Å²) in [5.41, 5.74) is 2.38. The second kappa shape index (κ2) is 5.48. The molecule has 1 aromatic heterocycles. The fraction of sp³-hybridized carbons (Fsp3) is 0.385. The van der Waals surface area contributed by atoms with Crippen LogP contribution in [0.25, 0.3) is 0 Å². The molecule has 0 aliphatic rings. The van der Waals surface area contributed by atoms with Crippen molar-refractivity contribution in [1.82, 2.24) is 14.8 Å². The van der Waals surface area contributed by atoms with Crippen LogP contribution in [0.4, 0.5) is 5.69 Å². The number of aromatic nitrogens is 3. The van der Waals surface area contributed by atoms with E-state index in [0.29, 0.717) is 6.54 Å². The zero-order valence-electron chi connectivity index (χ0n) is 10.3. The highest BCUT2D eigenvalue weighted by Gasteiger charge is 2.02. The summed E-state index contributed by atoms with van der Waals surface area (Å²) in [6.07, 6.45) is 2.68. The van der Waals surface area contributed by atoms with E-state index in [4.69, 9.17) is 0 Å². The minimum Gasteiger partial charge on any atom is -0.378 e. The van der Waals surface area contributed by atoms with Gasteiger partial charge in [0, 0.05) is 12.2 Å². The van der Waals surface area contributed by atoms with E-state index >= 15 is 0 Å². The van der Waals surface area contributed by atoms with Gasteiger partial charge in [-0.25, -0.2) is 9.67 Å². The van der Waals surface area contributed by atoms with Crippen molar-refractivity contribution in [3.8, 4) is 0 Å². The Morgan fingerprint density at radius 1 is 1.24 bits per heavy atom. The van der Waals surface area contributed by atoms with E-state index in [2.05, 4.69) is 53.5 Å². The number of aryl methyl sites for hydroxylation is 2. The summed E-state index contributed by atoms with van der Waals surface area (Å²) in [4.78, 5) is 4.26. The molecule has 0 atom stereocenters. The van der Waals surface area contributed by atoms with Crippen LogP contribution in [0.1, 0.15) is 24.7 Å². The van der Waals surface area contributed by atoms with Gasteiger partial charge in [-0.1, -0.05) is 24.6 Å². The first-order valence-corrected chi connectivity index (χ1v) is 5.97. The quantitative estimate of drug-likeness (QED) is 0.858. The topological polar surface area (TPSA) is 42.7 Å². The molecule has 0 radical (unpaired) electrons. The molecule has 17 heavy (non-hydrogen) atoms. The lowest BCUT2D eigenvalue weighted by molar-refractivity contribution is 0.574. The zero-order chi connectivity index (χ0) is 12.1. The Morgan fingerprint density at radius 2 is 2.00 bits per heavy atom. The number of hydrogen-bond acceptors (Lipinski definition) is 3. The average molecular weight is 230 g/mol. The summed E-state index contributed by atoms with van der Waals surface area (Å²) in [6, 6.07) is 8.35. The van der Waals surface area contributed by atoms with Crippen molar-refractivity contribution >= 4 is 5.69 Å². The molecule has 2 aromatic rings. The predicted octanol–water partition coefficient (Wildman–Crippen LogP) is 2.61. The van der Waals surface area contributed by atoms with Crippen LogP contribution in [0.2, 0.25) is 0 Å². The summed E-state index contributed by atoms with van der Waals surface area (Å²) < 4.78 is 1.95. The highest BCUT2D eigenvalue weighted by molar-refractivity contribution is 5.44. The van der Waals surface area contributed by atoms with Crippen LogP contribution >= 0.6 is 0 Å². The molecule has 0 saturated heterocycles. The van der Waals surface area contributed by atoms with Gasteiger partial charge in [-0.2, -0.15) is 5.10 Å². The molecule has 0 spiro atoms.